The average molecular weight is 544 g/mol. The molecule has 1 atom stereocenters. The van der Waals surface area contributed by atoms with Crippen LogP contribution in [-0.4, -0.2) is 61.2 Å². The smallest absolute Gasteiger partial charge is 0.368 e. The molecule has 0 fully saturated rings. The van der Waals surface area contributed by atoms with E-state index in [1.165, 1.54) is 12.3 Å². The maximum absolute atomic E-state index is 13.0. The Labute approximate surface area is 195 Å². The summed E-state index contributed by atoms with van der Waals surface area (Å²) in [6.45, 7) is 12.9. The number of pyridine rings is 1. The Morgan fingerprint density at radius 1 is 1.23 bits per heavy atom. The van der Waals surface area contributed by atoms with Crippen molar-refractivity contribution in [1.82, 2.24) is 20.5 Å². The molecule has 10 heteroatoms. The highest BCUT2D eigenvalue weighted by atomic mass is 127. The Hall–Kier alpha value is -1.30. The second-order valence-corrected chi connectivity index (χ2v) is 6.80. The second kappa shape index (κ2) is 15.5. The predicted molar refractivity (Wildman–Crippen MR) is 129 cm³/mol. The van der Waals surface area contributed by atoms with Crippen LogP contribution in [0.15, 0.2) is 23.3 Å². The van der Waals surface area contributed by atoms with Gasteiger partial charge in [-0.25, -0.2) is 4.98 Å². The molecular formula is C20H36F3IN6. The molecule has 3 N–H and O–H groups in total. The van der Waals surface area contributed by atoms with Gasteiger partial charge in [0.1, 0.15) is 5.82 Å². The molecule has 0 saturated heterocycles. The van der Waals surface area contributed by atoms with Crippen molar-refractivity contribution in [2.24, 2.45) is 4.99 Å². The highest BCUT2D eigenvalue weighted by Gasteiger charge is 2.33. The SMILES string of the molecule is CCNC(=NCCNc1ncccc1C(F)(F)F)NC(C)CCCN(CC)CC.I. The van der Waals surface area contributed by atoms with Crippen LogP contribution in [-0.2, 0) is 6.18 Å². The number of nitrogens with zero attached hydrogens (tertiary/aromatic N) is 3. The lowest BCUT2D eigenvalue weighted by Crippen LogP contribution is -2.42. The third-order valence-electron chi connectivity index (χ3n) is 4.52. The van der Waals surface area contributed by atoms with E-state index in [-0.39, 0.29) is 42.4 Å². The summed E-state index contributed by atoms with van der Waals surface area (Å²) >= 11 is 0. The van der Waals surface area contributed by atoms with Crippen molar-refractivity contribution < 1.29 is 13.2 Å². The quantitative estimate of drug-likeness (QED) is 0.160. The number of hydrogen-bond acceptors (Lipinski definition) is 4. The molecule has 6 nitrogen and oxygen atoms in total. The van der Waals surface area contributed by atoms with Crippen molar-refractivity contribution in [3.63, 3.8) is 0 Å². The maximum Gasteiger partial charge on any atom is 0.419 e. The van der Waals surface area contributed by atoms with E-state index in [0.717, 1.165) is 38.5 Å². The minimum absolute atomic E-state index is 0. The third kappa shape index (κ3) is 11.2. The van der Waals surface area contributed by atoms with Gasteiger partial charge in [-0.1, -0.05) is 13.8 Å². The van der Waals surface area contributed by atoms with Crippen molar-refractivity contribution in [2.45, 2.75) is 52.8 Å². The van der Waals surface area contributed by atoms with Crippen LogP contribution in [0.4, 0.5) is 19.0 Å². The van der Waals surface area contributed by atoms with E-state index < -0.39 is 11.7 Å². The second-order valence-electron chi connectivity index (χ2n) is 6.80. The first-order chi connectivity index (χ1) is 13.8. The van der Waals surface area contributed by atoms with Gasteiger partial charge in [-0.2, -0.15) is 13.2 Å². The van der Waals surface area contributed by atoms with Crippen LogP contribution in [0.3, 0.4) is 0 Å². The Balaban J connectivity index is 0.00000841. The van der Waals surface area contributed by atoms with Crippen molar-refractivity contribution >= 4 is 35.8 Å². The van der Waals surface area contributed by atoms with Crippen LogP contribution in [0.2, 0.25) is 0 Å². The molecule has 30 heavy (non-hydrogen) atoms. The normalized spacial score (nSPS) is 13.0. The van der Waals surface area contributed by atoms with Gasteiger partial charge in [0.25, 0.3) is 0 Å². The fourth-order valence-electron chi connectivity index (χ4n) is 2.90. The maximum atomic E-state index is 13.0. The highest BCUT2D eigenvalue weighted by Crippen LogP contribution is 2.33. The molecule has 0 aromatic carbocycles. The summed E-state index contributed by atoms with van der Waals surface area (Å²) in [5.41, 5.74) is -0.768. The molecule has 0 aliphatic heterocycles. The van der Waals surface area contributed by atoms with Gasteiger partial charge >= 0.3 is 6.18 Å². The molecular weight excluding hydrogens is 508 g/mol. The average Bonchev–Trinajstić information content (AvgIpc) is 2.68. The van der Waals surface area contributed by atoms with Gasteiger partial charge in [-0.05, 0) is 58.5 Å². The lowest BCUT2D eigenvalue weighted by atomic mass is 10.2. The molecule has 1 rings (SSSR count). The predicted octanol–water partition coefficient (Wildman–Crippen LogP) is 4.20. The van der Waals surface area contributed by atoms with E-state index in [9.17, 15) is 13.2 Å². The van der Waals surface area contributed by atoms with E-state index in [0.29, 0.717) is 19.0 Å². The fraction of sp³-hybridized carbons (Fsp3) is 0.700. The zero-order valence-corrected chi connectivity index (χ0v) is 20.7. The summed E-state index contributed by atoms with van der Waals surface area (Å²) in [6, 6.07) is 2.55. The van der Waals surface area contributed by atoms with Crippen LogP contribution in [0.5, 0.6) is 0 Å². The fourth-order valence-corrected chi connectivity index (χ4v) is 2.90. The van der Waals surface area contributed by atoms with Gasteiger partial charge in [-0.3, -0.25) is 4.99 Å². The number of alkyl halides is 3. The van der Waals surface area contributed by atoms with Crippen LogP contribution < -0.4 is 16.0 Å². The summed E-state index contributed by atoms with van der Waals surface area (Å²) in [4.78, 5) is 10.6. The highest BCUT2D eigenvalue weighted by molar-refractivity contribution is 14.0. The largest absolute Gasteiger partial charge is 0.419 e. The lowest BCUT2D eigenvalue weighted by molar-refractivity contribution is -0.137. The number of guanidine groups is 1. The number of aliphatic imine (C=N–C) groups is 1. The van der Waals surface area contributed by atoms with Crippen molar-refractivity contribution in [3.8, 4) is 0 Å². The van der Waals surface area contributed by atoms with Gasteiger partial charge in [-0.15, -0.1) is 24.0 Å². The monoisotopic (exact) mass is 544 g/mol. The molecule has 1 aromatic rings. The molecule has 0 aliphatic carbocycles. The van der Waals surface area contributed by atoms with Crippen LogP contribution >= 0.6 is 24.0 Å². The van der Waals surface area contributed by atoms with Gasteiger partial charge in [0.2, 0.25) is 0 Å². The minimum atomic E-state index is -4.43. The molecule has 0 radical (unpaired) electrons. The van der Waals surface area contributed by atoms with Gasteiger partial charge in [0.05, 0.1) is 12.1 Å². The Kier molecular flexibility index (Phi) is 14.8. The minimum Gasteiger partial charge on any atom is -0.368 e. The number of nitrogens with one attached hydrogen (secondary N) is 3. The van der Waals surface area contributed by atoms with E-state index in [4.69, 9.17) is 0 Å². The molecule has 0 amide bonds. The van der Waals surface area contributed by atoms with Crippen LogP contribution in [0, 0.1) is 0 Å². The number of aromatic nitrogens is 1. The first kappa shape index (κ1) is 28.7. The molecule has 1 unspecified atom stereocenters. The Bertz CT molecular complexity index is 608. The van der Waals surface area contributed by atoms with Crippen molar-refractivity contribution in [2.75, 3.05) is 44.6 Å². The summed E-state index contributed by atoms with van der Waals surface area (Å²) in [7, 11) is 0. The molecule has 1 heterocycles. The molecule has 0 aliphatic rings. The van der Waals surface area contributed by atoms with E-state index in [1.54, 1.807) is 0 Å². The van der Waals surface area contributed by atoms with Crippen LogP contribution in [0.1, 0.15) is 46.1 Å². The summed E-state index contributed by atoms with van der Waals surface area (Å²) < 4.78 is 39.0. The lowest BCUT2D eigenvalue weighted by Gasteiger charge is -2.21. The number of anilines is 1. The zero-order chi connectivity index (χ0) is 21.7. The van der Waals surface area contributed by atoms with Gasteiger partial charge in [0, 0.05) is 25.3 Å². The molecule has 0 bridgehead atoms. The number of halogens is 4. The molecule has 1 aromatic heterocycles. The Morgan fingerprint density at radius 3 is 2.53 bits per heavy atom. The van der Waals surface area contributed by atoms with Crippen molar-refractivity contribution in [1.29, 1.82) is 0 Å². The third-order valence-corrected chi connectivity index (χ3v) is 4.52. The van der Waals surface area contributed by atoms with E-state index in [1.807, 2.05) is 6.92 Å². The first-order valence-electron chi connectivity index (χ1n) is 10.3. The van der Waals surface area contributed by atoms with E-state index >= 15 is 0 Å². The zero-order valence-electron chi connectivity index (χ0n) is 18.4. The number of hydrogen-bond donors (Lipinski definition) is 3. The van der Waals surface area contributed by atoms with Crippen LogP contribution in [0.25, 0.3) is 0 Å². The van der Waals surface area contributed by atoms with Gasteiger partial charge in [0.15, 0.2) is 5.96 Å². The number of rotatable bonds is 12. The van der Waals surface area contributed by atoms with E-state index in [2.05, 4.69) is 51.6 Å². The van der Waals surface area contributed by atoms with Gasteiger partial charge < -0.3 is 20.9 Å². The molecule has 0 saturated carbocycles. The Morgan fingerprint density at radius 2 is 1.93 bits per heavy atom. The summed E-state index contributed by atoms with van der Waals surface area (Å²) in [5, 5.41) is 9.26. The summed E-state index contributed by atoms with van der Waals surface area (Å²) in [5.74, 6) is 0.500. The summed E-state index contributed by atoms with van der Waals surface area (Å²) in [6.07, 6.45) is -0.984. The molecule has 0 spiro atoms. The van der Waals surface area contributed by atoms with Crippen molar-refractivity contribution in [3.05, 3.63) is 23.9 Å². The topological polar surface area (TPSA) is 64.6 Å². The standard InChI is InChI=1S/C20H35F3N6.HI/c1-5-24-19(28-16(4)10-9-15-29(6-2)7-3)27-14-13-26-18-17(20(21,22)23)11-8-12-25-18;/h8,11-12,16H,5-7,9-10,13-15H2,1-4H3,(H,25,26)(H2,24,27,28);1H. The first-order valence-corrected chi connectivity index (χ1v) is 10.3. The molecule has 174 valence electrons.